The largest absolute Gasteiger partial charge is 0.395 e. The molecule has 3 nitrogen and oxygen atoms in total. The van der Waals surface area contributed by atoms with Crippen LogP contribution >= 0.6 is 0 Å². The van der Waals surface area contributed by atoms with Gasteiger partial charge in [-0.3, -0.25) is 4.90 Å². The van der Waals surface area contributed by atoms with Crippen molar-refractivity contribution >= 4 is 0 Å². The van der Waals surface area contributed by atoms with Gasteiger partial charge in [0, 0.05) is 18.6 Å². The molecule has 3 N–H and O–H groups in total. The van der Waals surface area contributed by atoms with Crippen molar-refractivity contribution < 1.29 is 9.50 Å². The van der Waals surface area contributed by atoms with E-state index in [1.54, 1.807) is 12.1 Å². The number of benzene rings is 1. The molecule has 0 aromatic heterocycles. The first-order valence-corrected chi connectivity index (χ1v) is 8.01. The number of nitrogens with zero attached hydrogens (tertiary/aromatic N) is 1. The average Bonchev–Trinajstić information content (AvgIpc) is 2.47. The predicted molar refractivity (Wildman–Crippen MR) is 83.5 cm³/mol. The fraction of sp³-hybridized carbons (Fsp3) is 0.647. The molecule has 0 radical (unpaired) electrons. The number of hydrogen-bond donors (Lipinski definition) is 2. The molecule has 1 aliphatic carbocycles. The number of aliphatic hydroxyl groups is 1. The third-order valence-corrected chi connectivity index (χ3v) is 4.45. The maximum absolute atomic E-state index is 13.6. The molecule has 1 fully saturated rings. The summed E-state index contributed by atoms with van der Waals surface area (Å²) in [4.78, 5) is 2.29. The maximum Gasteiger partial charge on any atom is 0.123 e. The van der Waals surface area contributed by atoms with Crippen LogP contribution in [0.5, 0.6) is 0 Å². The zero-order chi connectivity index (χ0) is 15.2. The number of halogens is 1. The van der Waals surface area contributed by atoms with Crippen molar-refractivity contribution in [1.29, 1.82) is 0 Å². The van der Waals surface area contributed by atoms with Gasteiger partial charge in [-0.25, -0.2) is 4.39 Å². The van der Waals surface area contributed by atoms with Crippen LogP contribution in [0.3, 0.4) is 0 Å². The van der Waals surface area contributed by atoms with Crippen molar-refractivity contribution in [1.82, 2.24) is 4.90 Å². The summed E-state index contributed by atoms with van der Waals surface area (Å²) in [5.41, 5.74) is 7.12. The Bertz CT molecular complexity index is 433. The highest BCUT2D eigenvalue weighted by Gasteiger charge is 2.30. The summed E-state index contributed by atoms with van der Waals surface area (Å²) in [6.07, 6.45) is 6.01. The summed E-state index contributed by atoms with van der Waals surface area (Å²) in [6, 6.07) is 6.98. The van der Waals surface area contributed by atoms with Gasteiger partial charge in [0.15, 0.2) is 0 Å². The summed E-state index contributed by atoms with van der Waals surface area (Å²) in [5.74, 6) is -0.231. The normalized spacial score (nSPS) is 19.7. The highest BCUT2D eigenvalue weighted by Crippen LogP contribution is 2.31. The minimum Gasteiger partial charge on any atom is -0.395 e. The van der Waals surface area contributed by atoms with Gasteiger partial charge in [0.1, 0.15) is 5.82 Å². The van der Waals surface area contributed by atoms with Crippen molar-refractivity contribution in [3.8, 4) is 0 Å². The predicted octanol–water partition coefficient (Wildman–Crippen LogP) is 2.84. The lowest BCUT2D eigenvalue weighted by Crippen LogP contribution is -2.47. The van der Waals surface area contributed by atoms with Crippen LogP contribution in [0, 0.1) is 5.82 Å². The van der Waals surface area contributed by atoms with E-state index in [9.17, 15) is 9.50 Å². The van der Waals surface area contributed by atoms with Gasteiger partial charge in [0.2, 0.25) is 0 Å². The first kappa shape index (κ1) is 16.4. The first-order valence-electron chi connectivity index (χ1n) is 8.01. The van der Waals surface area contributed by atoms with Crippen LogP contribution in [0.2, 0.25) is 0 Å². The van der Waals surface area contributed by atoms with Crippen LogP contribution in [0.25, 0.3) is 0 Å². The zero-order valence-corrected chi connectivity index (χ0v) is 12.8. The van der Waals surface area contributed by atoms with E-state index in [0.717, 1.165) is 18.4 Å². The Hall–Kier alpha value is -0.970. The summed E-state index contributed by atoms with van der Waals surface area (Å²) >= 11 is 0. The van der Waals surface area contributed by atoms with E-state index in [2.05, 4.69) is 4.90 Å². The standard InChI is InChI=1S/C17H27FN2O/c1-13(19)17(14-6-5-7-15(18)12-14)20(10-11-21)16-8-3-2-4-9-16/h5-7,12-13,16-17,21H,2-4,8-11,19H2,1H3. The van der Waals surface area contributed by atoms with E-state index in [1.165, 1.54) is 25.3 Å². The Kier molecular flexibility index (Phi) is 6.15. The molecule has 0 heterocycles. The molecule has 0 saturated heterocycles. The summed E-state index contributed by atoms with van der Waals surface area (Å²) in [7, 11) is 0. The SMILES string of the molecule is CC(N)C(c1cccc(F)c1)N(CCO)C1CCCCC1. The highest BCUT2D eigenvalue weighted by molar-refractivity contribution is 5.22. The third kappa shape index (κ3) is 4.25. The molecule has 1 aliphatic rings. The smallest absolute Gasteiger partial charge is 0.123 e. The van der Waals surface area contributed by atoms with Crippen molar-refractivity contribution in [2.45, 2.75) is 57.2 Å². The second kappa shape index (κ2) is 7.87. The average molecular weight is 294 g/mol. The second-order valence-corrected chi connectivity index (χ2v) is 6.11. The Balaban J connectivity index is 2.27. The van der Waals surface area contributed by atoms with Gasteiger partial charge < -0.3 is 10.8 Å². The molecule has 0 bridgehead atoms. The van der Waals surface area contributed by atoms with Crippen LogP contribution in [-0.4, -0.2) is 35.2 Å². The van der Waals surface area contributed by atoms with E-state index < -0.39 is 0 Å². The topological polar surface area (TPSA) is 49.5 Å². The van der Waals surface area contributed by atoms with E-state index in [1.807, 2.05) is 13.0 Å². The monoisotopic (exact) mass is 294 g/mol. The van der Waals surface area contributed by atoms with Gasteiger partial charge in [-0.05, 0) is 37.5 Å². The van der Waals surface area contributed by atoms with Crippen LogP contribution in [0.15, 0.2) is 24.3 Å². The molecule has 0 aliphatic heterocycles. The molecule has 1 aromatic rings. The minimum absolute atomic E-state index is 0.0454. The lowest BCUT2D eigenvalue weighted by atomic mass is 9.90. The molecule has 2 rings (SSSR count). The van der Waals surface area contributed by atoms with Gasteiger partial charge >= 0.3 is 0 Å². The Morgan fingerprint density at radius 1 is 1.33 bits per heavy atom. The zero-order valence-electron chi connectivity index (χ0n) is 12.8. The third-order valence-electron chi connectivity index (χ3n) is 4.45. The van der Waals surface area contributed by atoms with Gasteiger partial charge in [-0.1, -0.05) is 31.4 Å². The number of rotatable bonds is 6. The van der Waals surface area contributed by atoms with Crippen molar-refractivity contribution in [3.05, 3.63) is 35.6 Å². The van der Waals surface area contributed by atoms with Crippen LogP contribution in [-0.2, 0) is 0 Å². The quantitative estimate of drug-likeness (QED) is 0.848. The molecule has 21 heavy (non-hydrogen) atoms. The molecule has 1 aromatic carbocycles. The fourth-order valence-electron chi connectivity index (χ4n) is 3.56. The molecule has 0 amide bonds. The summed E-state index contributed by atoms with van der Waals surface area (Å²) in [5, 5.41) is 9.44. The molecule has 2 atom stereocenters. The Morgan fingerprint density at radius 2 is 2.05 bits per heavy atom. The lowest BCUT2D eigenvalue weighted by molar-refractivity contribution is 0.0698. The van der Waals surface area contributed by atoms with Crippen LogP contribution in [0.4, 0.5) is 4.39 Å². The van der Waals surface area contributed by atoms with Crippen molar-refractivity contribution in [3.63, 3.8) is 0 Å². The molecule has 2 unspecified atom stereocenters. The van der Waals surface area contributed by atoms with Crippen LogP contribution < -0.4 is 5.73 Å². The number of nitrogens with two attached hydrogens (primary N) is 1. The lowest BCUT2D eigenvalue weighted by Gasteiger charge is -2.41. The highest BCUT2D eigenvalue weighted by atomic mass is 19.1. The maximum atomic E-state index is 13.6. The van der Waals surface area contributed by atoms with Gasteiger partial charge in [-0.2, -0.15) is 0 Å². The fourth-order valence-corrected chi connectivity index (χ4v) is 3.56. The van der Waals surface area contributed by atoms with Crippen LogP contribution in [0.1, 0.15) is 50.6 Å². The van der Waals surface area contributed by atoms with E-state index in [0.29, 0.717) is 12.6 Å². The second-order valence-electron chi connectivity index (χ2n) is 6.11. The van der Waals surface area contributed by atoms with Gasteiger partial charge in [0.05, 0.1) is 12.6 Å². The summed E-state index contributed by atoms with van der Waals surface area (Å²) in [6.45, 7) is 2.66. The van der Waals surface area contributed by atoms with E-state index in [-0.39, 0.29) is 24.5 Å². The molecular weight excluding hydrogens is 267 g/mol. The molecular formula is C17H27FN2O. The Labute approximate surface area is 126 Å². The van der Waals surface area contributed by atoms with Gasteiger partial charge in [0.25, 0.3) is 0 Å². The number of hydrogen-bond acceptors (Lipinski definition) is 3. The molecule has 0 spiro atoms. The summed E-state index contributed by atoms with van der Waals surface area (Å²) < 4.78 is 13.6. The molecule has 1 saturated carbocycles. The van der Waals surface area contributed by atoms with Gasteiger partial charge in [-0.15, -0.1) is 0 Å². The van der Waals surface area contributed by atoms with Crippen molar-refractivity contribution in [2.75, 3.05) is 13.2 Å². The van der Waals surface area contributed by atoms with Crippen molar-refractivity contribution in [2.24, 2.45) is 5.73 Å². The minimum atomic E-state index is -0.231. The first-order chi connectivity index (χ1) is 10.1. The number of aliphatic hydroxyl groups excluding tert-OH is 1. The molecule has 118 valence electrons. The Morgan fingerprint density at radius 3 is 2.62 bits per heavy atom. The van der Waals surface area contributed by atoms with E-state index in [4.69, 9.17) is 5.73 Å². The van der Waals surface area contributed by atoms with E-state index >= 15 is 0 Å². The molecule has 4 heteroatoms.